The van der Waals surface area contributed by atoms with Crippen LogP contribution in [0.25, 0.3) is 0 Å². The van der Waals surface area contributed by atoms with Crippen LogP contribution >= 0.6 is 11.6 Å². The predicted octanol–water partition coefficient (Wildman–Crippen LogP) is 4.01. The van der Waals surface area contributed by atoms with Gasteiger partial charge in [0, 0.05) is 39.1 Å². The van der Waals surface area contributed by atoms with Crippen LogP contribution < -0.4 is 10.2 Å². The van der Waals surface area contributed by atoms with E-state index in [1.165, 1.54) is 0 Å². The molecule has 0 aromatic heterocycles. The van der Waals surface area contributed by atoms with Gasteiger partial charge in [-0.3, -0.25) is 9.59 Å². The average Bonchev–Trinajstić information content (AvgIpc) is 3.10. The van der Waals surface area contributed by atoms with E-state index in [0.717, 1.165) is 35.5 Å². The first-order valence-corrected chi connectivity index (χ1v) is 16.7. The van der Waals surface area contributed by atoms with Crippen LogP contribution in [-0.4, -0.2) is 101 Å². The smallest absolute Gasteiger partial charge is 0.334 e. The summed E-state index contributed by atoms with van der Waals surface area (Å²) >= 11 is 6.63. The third kappa shape index (κ3) is 7.43. The third-order valence-electron chi connectivity index (χ3n) is 8.98. The van der Waals surface area contributed by atoms with Crippen LogP contribution in [0.3, 0.4) is 0 Å². The quantitative estimate of drug-likeness (QED) is 0.331. The highest BCUT2D eigenvalue weighted by Crippen LogP contribution is 2.32. The minimum Gasteiger partial charge on any atom is -0.508 e. The zero-order chi connectivity index (χ0) is 33.6. The Morgan fingerprint density at radius 3 is 2.46 bits per heavy atom. The number of halogens is 1. The zero-order valence-corrected chi connectivity index (χ0v) is 27.8. The number of fused-ring (bicyclic) bond motifs is 1. The van der Waals surface area contributed by atoms with Crippen molar-refractivity contribution in [2.24, 2.45) is 0 Å². The van der Waals surface area contributed by atoms with Gasteiger partial charge in [0.15, 0.2) is 0 Å². The Labute approximate surface area is 285 Å². The fraction of sp³-hybridized carbons (Fsp3) is 0.361. The van der Waals surface area contributed by atoms with Gasteiger partial charge in [0.05, 0.1) is 37.0 Å². The van der Waals surface area contributed by atoms with Crippen molar-refractivity contribution in [2.45, 2.75) is 38.6 Å². The fourth-order valence-electron chi connectivity index (χ4n) is 6.56. The van der Waals surface area contributed by atoms with Crippen molar-refractivity contribution >= 4 is 35.1 Å². The molecule has 6 rings (SSSR count). The standard InChI is InChI=1S/C36H41ClN6O5/c1-2-3-15-41-25-34(45)42-32(20-26-9-12-29(44)13-10-26)35(46)40(23-28-11-14-30(37)31(21-28)39-16-18-48-19-17-39)24-33(42)43(41)36(47)38-22-27-7-5-4-6-8-27/h2-14,21,32-33,44H,15-20,22-25H2,1H3,(H,38,47)/b3-2-/t32-,33-/m0/s1. The molecule has 0 unspecified atom stereocenters. The highest BCUT2D eigenvalue weighted by Gasteiger charge is 2.51. The maximum absolute atomic E-state index is 14.4. The first-order chi connectivity index (χ1) is 23.3. The number of morpholine rings is 1. The van der Waals surface area contributed by atoms with Gasteiger partial charge in [-0.05, 0) is 47.9 Å². The fourth-order valence-corrected chi connectivity index (χ4v) is 6.79. The van der Waals surface area contributed by atoms with Crippen molar-refractivity contribution in [1.29, 1.82) is 0 Å². The summed E-state index contributed by atoms with van der Waals surface area (Å²) in [7, 11) is 0. The molecule has 3 fully saturated rings. The number of hydrogen-bond donors (Lipinski definition) is 2. The number of rotatable bonds is 9. The number of hydrogen-bond acceptors (Lipinski definition) is 7. The predicted molar refractivity (Wildman–Crippen MR) is 183 cm³/mol. The summed E-state index contributed by atoms with van der Waals surface area (Å²) < 4.78 is 5.53. The molecule has 3 aliphatic rings. The molecule has 12 heteroatoms. The number of carbonyl (C=O) groups is 3. The molecule has 0 saturated carbocycles. The second kappa shape index (κ2) is 15.1. The maximum Gasteiger partial charge on any atom is 0.334 e. The first-order valence-electron chi connectivity index (χ1n) is 16.3. The van der Waals surface area contributed by atoms with E-state index in [1.807, 2.05) is 67.6 Å². The Morgan fingerprint density at radius 1 is 1.00 bits per heavy atom. The number of urea groups is 1. The Bertz CT molecular complexity index is 1630. The van der Waals surface area contributed by atoms with Crippen molar-refractivity contribution in [1.82, 2.24) is 25.1 Å². The van der Waals surface area contributed by atoms with E-state index in [-0.39, 0.29) is 49.7 Å². The van der Waals surface area contributed by atoms with Gasteiger partial charge in [0.1, 0.15) is 18.0 Å². The third-order valence-corrected chi connectivity index (χ3v) is 9.30. The minimum atomic E-state index is -0.861. The summed E-state index contributed by atoms with van der Waals surface area (Å²) in [5.74, 6) is -0.321. The van der Waals surface area contributed by atoms with E-state index >= 15 is 0 Å². The van der Waals surface area contributed by atoms with E-state index in [1.54, 1.807) is 44.1 Å². The van der Waals surface area contributed by atoms with Gasteiger partial charge in [-0.2, -0.15) is 0 Å². The molecule has 0 aliphatic carbocycles. The van der Waals surface area contributed by atoms with Crippen molar-refractivity contribution in [3.63, 3.8) is 0 Å². The maximum atomic E-state index is 14.4. The SMILES string of the molecule is C/C=C\CN1CC(=O)N2[C@@H](Cc3ccc(O)cc3)C(=O)N(Cc3ccc(Cl)c(N4CCOCC4)c3)C[C@@H]2N1C(=O)NCc1ccccc1. The lowest BCUT2D eigenvalue weighted by atomic mass is 9.98. The number of anilines is 1. The molecule has 3 aromatic carbocycles. The second-order valence-electron chi connectivity index (χ2n) is 12.2. The van der Waals surface area contributed by atoms with Crippen LogP contribution in [0.15, 0.2) is 84.9 Å². The summed E-state index contributed by atoms with van der Waals surface area (Å²) in [6.45, 7) is 5.55. The van der Waals surface area contributed by atoms with E-state index in [0.29, 0.717) is 31.3 Å². The summed E-state index contributed by atoms with van der Waals surface area (Å²) in [5.41, 5.74) is 3.51. The molecular formula is C36H41ClN6O5. The van der Waals surface area contributed by atoms with Crippen LogP contribution in [0.2, 0.25) is 5.02 Å². The van der Waals surface area contributed by atoms with Crippen molar-refractivity contribution in [3.8, 4) is 5.75 Å². The van der Waals surface area contributed by atoms with E-state index in [9.17, 15) is 19.5 Å². The second-order valence-corrected chi connectivity index (χ2v) is 12.6. The molecule has 252 valence electrons. The van der Waals surface area contributed by atoms with Gasteiger partial charge in [-0.15, -0.1) is 0 Å². The molecule has 3 heterocycles. The molecule has 0 bridgehead atoms. The topological polar surface area (TPSA) is 109 Å². The molecule has 3 saturated heterocycles. The Morgan fingerprint density at radius 2 is 1.73 bits per heavy atom. The van der Waals surface area contributed by atoms with E-state index in [4.69, 9.17) is 16.3 Å². The number of allylic oxidation sites excluding steroid dienone is 1. The number of hydrazine groups is 1. The summed E-state index contributed by atoms with van der Waals surface area (Å²) in [5, 5.41) is 16.9. The first kappa shape index (κ1) is 33.3. The van der Waals surface area contributed by atoms with Gasteiger partial charge in [0.2, 0.25) is 11.8 Å². The lowest BCUT2D eigenvalue weighted by molar-refractivity contribution is -0.189. The summed E-state index contributed by atoms with van der Waals surface area (Å²) in [6.07, 6.45) is 3.26. The Kier molecular flexibility index (Phi) is 10.5. The van der Waals surface area contributed by atoms with E-state index in [2.05, 4.69) is 10.2 Å². The number of nitrogens with zero attached hydrogens (tertiary/aromatic N) is 5. The molecule has 0 spiro atoms. The Hall–Kier alpha value is -4.58. The highest BCUT2D eigenvalue weighted by molar-refractivity contribution is 6.33. The number of aromatic hydroxyl groups is 1. The van der Waals surface area contributed by atoms with Crippen LogP contribution in [0.4, 0.5) is 10.5 Å². The minimum absolute atomic E-state index is 0.0565. The number of amides is 4. The highest BCUT2D eigenvalue weighted by atomic mass is 35.5. The van der Waals surface area contributed by atoms with E-state index < -0.39 is 12.2 Å². The number of benzene rings is 3. The van der Waals surface area contributed by atoms with Gasteiger partial charge in [-0.25, -0.2) is 14.8 Å². The summed E-state index contributed by atoms with van der Waals surface area (Å²) in [6, 6.07) is 20.8. The number of nitrogens with one attached hydrogen (secondary N) is 1. The van der Waals surface area contributed by atoms with Crippen molar-refractivity contribution in [2.75, 3.05) is 50.8 Å². The summed E-state index contributed by atoms with van der Waals surface area (Å²) in [4.78, 5) is 47.9. The Balaban J connectivity index is 1.34. The number of carbonyl (C=O) groups excluding carboxylic acids is 3. The lowest BCUT2D eigenvalue weighted by Crippen LogP contribution is -2.76. The molecule has 3 aromatic rings. The molecule has 48 heavy (non-hydrogen) atoms. The van der Waals surface area contributed by atoms with Crippen LogP contribution in [0.1, 0.15) is 23.6 Å². The molecule has 3 aliphatic heterocycles. The largest absolute Gasteiger partial charge is 0.508 e. The molecular weight excluding hydrogens is 632 g/mol. The van der Waals surface area contributed by atoms with Crippen LogP contribution in [0, 0.1) is 0 Å². The van der Waals surface area contributed by atoms with Crippen molar-refractivity contribution in [3.05, 3.63) is 107 Å². The molecule has 11 nitrogen and oxygen atoms in total. The lowest BCUT2D eigenvalue weighted by Gasteiger charge is -2.55. The number of phenolic OH excluding ortho intramolecular Hbond substituents is 1. The average molecular weight is 673 g/mol. The van der Waals surface area contributed by atoms with Gasteiger partial charge in [-0.1, -0.05) is 72.3 Å². The van der Waals surface area contributed by atoms with Gasteiger partial charge >= 0.3 is 6.03 Å². The monoisotopic (exact) mass is 672 g/mol. The number of ether oxygens (including phenoxy) is 1. The van der Waals surface area contributed by atoms with Gasteiger partial charge in [0.25, 0.3) is 0 Å². The molecule has 2 N–H and O–H groups in total. The normalized spacial score (nSPS) is 20.4. The molecule has 4 amide bonds. The zero-order valence-electron chi connectivity index (χ0n) is 27.0. The van der Waals surface area contributed by atoms with Gasteiger partial charge < -0.3 is 29.9 Å². The van der Waals surface area contributed by atoms with Crippen LogP contribution in [-0.2, 0) is 33.8 Å². The number of piperazine rings is 1. The van der Waals surface area contributed by atoms with Crippen molar-refractivity contribution < 1.29 is 24.2 Å². The number of phenols is 1. The molecule has 0 radical (unpaired) electrons. The van der Waals surface area contributed by atoms with Crippen LogP contribution in [0.5, 0.6) is 5.75 Å². The molecule has 2 atom stereocenters.